The highest BCUT2D eigenvalue weighted by atomic mass is 35.5. The second kappa shape index (κ2) is 7.24. The molecule has 1 fully saturated rings. The maximum Gasteiger partial charge on any atom is 0.287 e. The number of halogens is 1. The lowest BCUT2D eigenvalue weighted by molar-refractivity contribution is -0.0220. The van der Waals surface area contributed by atoms with Crippen LogP contribution in [0.15, 0.2) is 0 Å². The number of nitrogens with zero attached hydrogens (tertiary/aromatic N) is 1. The molecule has 2 atom stereocenters. The fourth-order valence-corrected chi connectivity index (χ4v) is 2.72. The van der Waals surface area contributed by atoms with Crippen molar-refractivity contribution in [1.29, 1.82) is 0 Å². The van der Waals surface area contributed by atoms with Crippen LogP contribution >= 0.6 is 11.6 Å². The van der Waals surface area contributed by atoms with Crippen molar-refractivity contribution in [1.82, 2.24) is 20.6 Å². The van der Waals surface area contributed by atoms with Crippen LogP contribution in [0.1, 0.15) is 43.5 Å². The second-order valence-electron chi connectivity index (χ2n) is 5.50. The molecule has 0 saturated carbocycles. The van der Waals surface area contributed by atoms with Gasteiger partial charge in [0.25, 0.3) is 5.91 Å². The van der Waals surface area contributed by atoms with Gasteiger partial charge in [0.2, 0.25) is 0 Å². The minimum Gasteiger partial charge on any atom is -0.372 e. The molecule has 6 nitrogen and oxygen atoms in total. The maximum atomic E-state index is 12.3. The number of ether oxygens (including phenoxy) is 1. The standard InChI is InChI=1S/C14H23ClN4O2/c1-4-9-12(15)19-13(17-9)14(20)18-10-5-6-16-7-11(10)21-8(2)3/h8,10-11,16H,4-7H2,1-3H3,(H,17,19)(H,18,20)/t10-,11+/m0/s1. The van der Waals surface area contributed by atoms with E-state index in [9.17, 15) is 4.79 Å². The lowest BCUT2D eigenvalue weighted by Gasteiger charge is -2.33. The summed E-state index contributed by atoms with van der Waals surface area (Å²) in [5.74, 6) is 0.0273. The number of aromatic nitrogens is 2. The maximum absolute atomic E-state index is 12.3. The van der Waals surface area contributed by atoms with Crippen molar-refractivity contribution in [2.24, 2.45) is 0 Å². The first-order chi connectivity index (χ1) is 10.0. The van der Waals surface area contributed by atoms with Gasteiger partial charge in [-0.3, -0.25) is 4.79 Å². The molecular formula is C14H23ClN4O2. The number of rotatable bonds is 5. The van der Waals surface area contributed by atoms with Crippen molar-refractivity contribution >= 4 is 17.5 Å². The number of aromatic amines is 1. The largest absolute Gasteiger partial charge is 0.372 e. The summed E-state index contributed by atoms with van der Waals surface area (Å²) < 4.78 is 5.86. The summed E-state index contributed by atoms with van der Waals surface area (Å²) >= 11 is 5.97. The van der Waals surface area contributed by atoms with E-state index in [4.69, 9.17) is 16.3 Å². The molecule has 0 aliphatic carbocycles. The number of imidazole rings is 1. The van der Waals surface area contributed by atoms with Gasteiger partial charge in [-0.15, -0.1) is 0 Å². The predicted octanol–water partition coefficient (Wildman–Crippen LogP) is 1.51. The number of H-pyrrole nitrogens is 1. The van der Waals surface area contributed by atoms with Crippen LogP contribution < -0.4 is 10.6 Å². The quantitative estimate of drug-likeness (QED) is 0.770. The van der Waals surface area contributed by atoms with Gasteiger partial charge in [-0.05, 0) is 33.2 Å². The van der Waals surface area contributed by atoms with Crippen molar-refractivity contribution in [2.45, 2.75) is 51.9 Å². The number of hydrogen-bond donors (Lipinski definition) is 3. The van der Waals surface area contributed by atoms with Crippen molar-refractivity contribution in [3.63, 3.8) is 0 Å². The lowest BCUT2D eigenvalue weighted by Crippen LogP contribution is -2.54. The van der Waals surface area contributed by atoms with Crippen LogP contribution in [0.25, 0.3) is 0 Å². The first-order valence-corrected chi connectivity index (χ1v) is 7.80. The van der Waals surface area contributed by atoms with Crippen LogP contribution in [0, 0.1) is 0 Å². The number of carbonyl (C=O) groups is 1. The minimum absolute atomic E-state index is 0.0184. The van der Waals surface area contributed by atoms with E-state index < -0.39 is 0 Å². The SMILES string of the molecule is CCc1[nH]c(C(=O)N[C@H]2CCNC[C@H]2OC(C)C)nc1Cl. The van der Waals surface area contributed by atoms with Gasteiger partial charge in [0.05, 0.1) is 23.9 Å². The molecule has 0 aromatic carbocycles. The fraction of sp³-hybridized carbons (Fsp3) is 0.714. The van der Waals surface area contributed by atoms with Gasteiger partial charge in [0, 0.05) is 6.54 Å². The topological polar surface area (TPSA) is 79.0 Å². The molecule has 1 aliphatic rings. The molecule has 118 valence electrons. The summed E-state index contributed by atoms with van der Waals surface area (Å²) in [7, 11) is 0. The Bertz CT molecular complexity index is 489. The van der Waals surface area contributed by atoms with Crippen LogP contribution in [0.5, 0.6) is 0 Å². The van der Waals surface area contributed by atoms with E-state index in [0.717, 1.165) is 25.2 Å². The van der Waals surface area contributed by atoms with Crippen LogP contribution in [0.2, 0.25) is 5.15 Å². The van der Waals surface area contributed by atoms with Gasteiger partial charge >= 0.3 is 0 Å². The Morgan fingerprint density at radius 3 is 2.95 bits per heavy atom. The molecule has 1 aliphatic heterocycles. The Morgan fingerprint density at radius 2 is 2.33 bits per heavy atom. The third kappa shape index (κ3) is 4.18. The molecule has 3 N–H and O–H groups in total. The highest BCUT2D eigenvalue weighted by molar-refractivity contribution is 6.30. The number of nitrogens with one attached hydrogen (secondary N) is 3. The Morgan fingerprint density at radius 1 is 1.57 bits per heavy atom. The molecule has 1 amide bonds. The van der Waals surface area contributed by atoms with Crippen molar-refractivity contribution < 1.29 is 9.53 Å². The van der Waals surface area contributed by atoms with Gasteiger partial charge in [-0.2, -0.15) is 0 Å². The van der Waals surface area contributed by atoms with Gasteiger partial charge < -0.3 is 20.4 Å². The summed E-state index contributed by atoms with van der Waals surface area (Å²) in [5.41, 5.74) is 0.780. The summed E-state index contributed by atoms with van der Waals surface area (Å²) in [6.07, 6.45) is 1.64. The molecule has 0 radical (unpaired) electrons. The van der Waals surface area contributed by atoms with Crippen LogP contribution in [0.3, 0.4) is 0 Å². The van der Waals surface area contributed by atoms with Crippen molar-refractivity contribution in [3.05, 3.63) is 16.7 Å². The zero-order chi connectivity index (χ0) is 15.4. The van der Waals surface area contributed by atoms with Gasteiger partial charge in [-0.25, -0.2) is 4.98 Å². The lowest BCUT2D eigenvalue weighted by atomic mass is 10.0. The molecule has 0 spiro atoms. The monoisotopic (exact) mass is 314 g/mol. The summed E-state index contributed by atoms with van der Waals surface area (Å²) in [6, 6.07) is -0.0184. The number of aryl methyl sites for hydroxylation is 1. The number of piperidine rings is 1. The van der Waals surface area contributed by atoms with Crippen LogP contribution in [-0.4, -0.2) is 47.2 Å². The first-order valence-electron chi connectivity index (χ1n) is 7.42. The van der Waals surface area contributed by atoms with E-state index in [2.05, 4.69) is 20.6 Å². The van der Waals surface area contributed by atoms with Crippen molar-refractivity contribution in [3.8, 4) is 0 Å². The summed E-state index contributed by atoms with van der Waals surface area (Å²) in [5, 5.41) is 6.65. The average molecular weight is 315 g/mol. The molecule has 0 bridgehead atoms. The van der Waals surface area contributed by atoms with E-state index in [1.165, 1.54) is 0 Å². The molecule has 1 aromatic rings. The van der Waals surface area contributed by atoms with Crippen molar-refractivity contribution in [2.75, 3.05) is 13.1 Å². The Balaban J connectivity index is 2.02. The third-order valence-electron chi connectivity index (χ3n) is 3.49. The van der Waals surface area contributed by atoms with E-state index in [-0.39, 0.29) is 30.0 Å². The normalized spacial score (nSPS) is 22.5. The van der Waals surface area contributed by atoms with Gasteiger partial charge in [-0.1, -0.05) is 18.5 Å². The summed E-state index contributed by atoms with van der Waals surface area (Å²) in [4.78, 5) is 19.3. The van der Waals surface area contributed by atoms with E-state index in [0.29, 0.717) is 11.6 Å². The van der Waals surface area contributed by atoms with E-state index in [1.54, 1.807) is 0 Å². The van der Waals surface area contributed by atoms with E-state index in [1.807, 2.05) is 20.8 Å². The molecular weight excluding hydrogens is 292 g/mol. The zero-order valence-corrected chi connectivity index (χ0v) is 13.5. The van der Waals surface area contributed by atoms with Gasteiger partial charge in [0.15, 0.2) is 11.0 Å². The number of hydrogen-bond acceptors (Lipinski definition) is 4. The molecule has 2 rings (SSSR count). The minimum atomic E-state index is -0.235. The first kappa shape index (κ1) is 16.3. The van der Waals surface area contributed by atoms with E-state index >= 15 is 0 Å². The van der Waals surface area contributed by atoms with Crippen LogP contribution in [0.4, 0.5) is 0 Å². The number of amides is 1. The Labute approximate surface area is 130 Å². The molecule has 2 heterocycles. The second-order valence-corrected chi connectivity index (χ2v) is 5.86. The zero-order valence-electron chi connectivity index (χ0n) is 12.7. The fourth-order valence-electron chi connectivity index (χ4n) is 2.45. The highest BCUT2D eigenvalue weighted by Crippen LogP contribution is 2.15. The predicted molar refractivity (Wildman–Crippen MR) is 81.7 cm³/mol. The Kier molecular flexibility index (Phi) is 5.61. The summed E-state index contributed by atoms with van der Waals surface area (Å²) in [6.45, 7) is 7.55. The molecule has 1 aromatic heterocycles. The highest BCUT2D eigenvalue weighted by Gasteiger charge is 2.29. The average Bonchev–Trinajstić information content (AvgIpc) is 2.81. The molecule has 0 unspecified atom stereocenters. The third-order valence-corrected chi connectivity index (χ3v) is 3.80. The molecule has 1 saturated heterocycles. The van der Waals surface area contributed by atoms with Crippen LogP contribution in [-0.2, 0) is 11.2 Å². The van der Waals surface area contributed by atoms with Gasteiger partial charge in [0.1, 0.15) is 0 Å². The Hall–Kier alpha value is -1.11. The smallest absolute Gasteiger partial charge is 0.287 e. The molecule has 7 heteroatoms. The number of carbonyl (C=O) groups excluding carboxylic acids is 1. The molecule has 21 heavy (non-hydrogen) atoms.